The molecule has 1 N–H and O–H groups in total. The number of H-pyrrole nitrogens is 1. The lowest BCUT2D eigenvalue weighted by atomic mass is 10.0. The lowest BCUT2D eigenvalue weighted by Gasteiger charge is -2.21. The van der Waals surface area contributed by atoms with Gasteiger partial charge < -0.3 is 9.88 Å². The molecule has 5 nitrogen and oxygen atoms in total. The molecule has 33 heavy (non-hydrogen) atoms. The van der Waals surface area contributed by atoms with Crippen LogP contribution in [0.4, 0.5) is 5.69 Å². The topological polar surface area (TPSA) is 56.4 Å². The van der Waals surface area contributed by atoms with Gasteiger partial charge in [-0.2, -0.15) is 0 Å². The van der Waals surface area contributed by atoms with Crippen LogP contribution in [0.1, 0.15) is 16.7 Å². The fourth-order valence-electron chi connectivity index (χ4n) is 4.41. The minimum Gasteiger partial charge on any atom is -0.361 e. The fourth-order valence-corrected chi connectivity index (χ4v) is 4.41. The molecule has 0 saturated heterocycles. The van der Waals surface area contributed by atoms with Gasteiger partial charge in [0, 0.05) is 36.4 Å². The average Bonchev–Trinajstić information content (AvgIpc) is 3.36. The molecule has 5 rings (SSSR count). The highest BCUT2D eigenvalue weighted by molar-refractivity contribution is 6.36. The normalized spacial score (nSPS) is 13.9. The smallest absolute Gasteiger partial charge is 0.278 e. The van der Waals surface area contributed by atoms with Crippen molar-refractivity contribution in [2.45, 2.75) is 13.3 Å². The summed E-state index contributed by atoms with van der Waals surface area (Å²) in [6, 6.07) is 25.5. The van der Waals surface area contributed by atoms with Gasteiger partial charge in [0.15, 0.2) is 0 Å². The lowest BCUT2D eigenvalue weighted by molar-refractivity contribution is -0.136. The molecule has 0 atom stereocenters. The number of aryl methyl sites for hydroxylation is 1. The number of imide groups is 1. The van der Waals surface area contributed by atoms with Gasteiger partial charge in [0.1, 0.15) is 5.70 Å². The zero-order chi connectivity index (χ0) is 22.9. The summed E-state index contributed by atoms with van der Waals surface area (Å²) in [5.74, 6) is -0.511. The van der Waals surface area contributed by atoms with Crippen molar-refractivity contribution in [2.75, 3.05) is 18.5 Å². The Labute approximate surface area is 193 Å². The van der Waals surface area contributed by atoms with Crippen LogP contribution in [-0.4, -0.2) is 35.3 Å². The zero-order valence-electron chi connectivity index (χ0n) is 18.7. The molecule has 0 fully saturated rings. The molecule has 4 aromatic rings. The van der Waals surface area contributed by atoms with Crippen molar-refractivity contribution >= 4 is 34.0 Å². The number of likely N-dealkylation sites (N-methyl/N-ethyl adjacent to an activating group) is 1. The third-order valence-electron chi connectivity index (χ3n) is 6.24. The highest BCUT2D eigenvalue weighted by atomic mass is 16.2. The van der Waals surface area contributed by atoms with Crippen LogP contribution in [0.5, 0.6) is 0 Å². The number of carbonyl (C=O) groups excluding carboxylic acids is 2. The highest BCUT2D eigenvalue weighted by Gasteiger charge is 2.40. The van der Waals surface area contributed by atoms with E-state index in [1.54, 1.807) is 0 Å². The van der Waals surface area contributed by atoms with Gasteiger partial charge in [-0.3, -0.25) is 14.5 Å². The van der Waals surface area contributed by atoms with Crippen LogP contribution in [0.25, 0.3) is 16.5 Å². The molecule has 2 amide bonds. The molecule has 0 spiro atoms. The second-order valence-electron chi connectivity index (χ2n) is 8.36. The SMILES string of the molecule is Cc1ccc(C2=C(N(C)c3ccccc3)C(=O)N(CCc3c[nH]c4ccccc34)C2=O)cc1. The first-order valence-electron chi connectivity index (χ1n) is 11.1. The number of benzene rings is 3. The third-order valence-corrected chi connectivity index (χ3v) is 6.24. The van der Waals surface area contributed by atoms with E-state index in [4.69, 9.17) is 0 Å². The van der Waals surface area contributed by atoms with Crippen LogP contribution < -0.4 is 4.90 Å². The number of fused-ring (bicyclic) bond motifs is 1. The molecule has 0 aliphatic carbocycles. The number of rotatable bonds is 6. The predicted molar refractivity (Wildman–Crippen MR) is 132 cm³/mol. The summed E-state index contributed by atoms with van der Waals surface area (Å²) < 4.78 is 0. The van der Waals surface area contributed by atoms with Crippen molar-refractivity contribution in [2.24, 2.45) is 0 Å². The summed E-state index contributed by atoms with van der Waals surface area (Å²) in [6.45, 7) is 2.32. The second kappa shape index (κ2) is 8.43. The molecule has 0 saturated carbocycles. The summed E-state index contributed by atoms with van der Waals surface area (Å²) in [5.41, 5.74) is 5.72. The first kappa shape index (κ1) is 20.8. The number of anilines is 1. The molecule has 1 aliphatic heterocycles. The molecule has 2 heterocycles. The van der Waals surface area contributed by atoms with Crippen molar-refractivity contribution in [1.82, 2.24) is 9.88 Å². The van der Waals surface area contributed by atoms with E-state index in [2.05, 4.69) is 11.1 Å². The molecular weight excluding hydrogens is 410 g/mol. The van der Waals surface area contributed by atoms with Gasteiger partial charge in [0.05, 0.1) is 5.57 Å². The third kappa shape index (κ3) is 3.72. The van der Waals surface area contributed by atoms with Crippen molar-refractivity contribution < 1.29 is 9.59 Å². The van der Waals surface area contributed by atoms with Crippen LogP contribution in [0.2, 0.25) is 0 Å². The molecule has 0 radical (unpaired) electrons. The van der Waals surface area contributed by atoms with Crippen molar-refractivity contribution in [3.63, 3.8) is 0 Å². The van der Waals surface area contributed by atoms with E-state index in [1.807, 2.05) is 97.9 Å². The molecule has 1 aromatic heterocycles. The van der Waals surface area contributed by atoms with E-state index in [0.717, 1.165) is 33.3 Å². The van der Waals surface area contributed by atoms with Crippen LogP contribution >= 0.6 is 0 Å². The van der Waals surface area contributed by atoms with Gasteiger partial charge in [0.25, 0.3) is 11.8 Å². The van der Waals surface area contributed by atoms with Gasteiger partial charge in [-0.15, -0.1) is 0 Å². The van der Waals surface area contributed by atoms with E-state index in [9.17, 15) is 9.59 Å². The number of amides is 2. The van der Waals surface area contributed by atoms with Gasteiger partial charge in [-0.1, -0.05) is 66.2 Å². The first-order chi connectivity index (χ1) is 16.0. The summed E-state index contributed by atoms with van der Waals surface area (Å²) in [7, 11) is 1.84. The molecule has 5 heteroatoms. The number of aromatic nitrogens is 1. The van der Waals surface area contributed by atoms with Crippen LogP contribution in [0, 0.1) is 6.92 Å². The molecule has 3 aromatic carbocycles. The summed E-state index contributed by atoms with van der Waals surface area (Å²) >= 11 is 0. The number of carbonyl (C=O) groups is 2. The maximum absolute atomic E-state index is 13.6. The Kier molecular flexibility index (Phi) is 5.31. The van der Waals surface area contributed by atoms with Crippen LogP contribution in [-0.2, 0) is 16.0 Å². The Morgan fingerprint density at radius 3 is 2.30 bits per heavy atom. The lowest BCUT2D eigenvalue weighted by Crippen LogP contribution is -2.35. The van der Waals surface area contributed by atoms with Crippen molar-refractivity contribution in [1.29, 1.82) is 0 Å². The number of hydrogen-bond acceptors (Lipinski definition) is 3. The van der Waals surface area contributed by atoms with Gasteiger partial charge in [0.2, 0.25) is 0 Å². The number of aromatic amines is 1. The van der Waals surface area contributed by atoms with Crippen molar-refractivity contribution in [3.8, 4) is 0 Å². The molecule has 164 valence electrons. The van der Waals surface area contributed by atoms with Crippen LogP contribution in [0.15, 0.2) is 90.8 Å². The van der Waals surface area contributed by atoms with Crippen LogP contribution in [0.3, 0.4) is 0 Å². The van der Waals surface area contributed by atoms with Gasteiger partial charge in [-0.25, -0.2) is 0 Å². The monoisotopic (exact) mass is 435 g/mol. The largest absolute Gasteiger partial charge is 0.361 e. The Morgan fingerprint density at radius 2 is 1.55 bits per heavy atom. The quantitative estimate of drug-likeness (QED) is 0.437. The Hall–Kier alpha value is -4.12. The minimum atomic E-state index is -0.262. The number of para-hydroxylation sites is 2. The maximum atomic E-state index is 13.6. The predicted octanol–water partition coefficient (Wildman–Crippen LogP) is 4.94. The van der Waals surface area contributed by atoms with Crippen molar-refractivity contribution in [3.05, 3.63) is 107 Å². The fraction of sp³-hybridized carbons (Fsp3) is 0.143. The standard InChI is InChI=1S/C28H25N3O2/c1-19-12-14-20(15-13-19)25-26(30(2)22-8-4-3-5-9-22)28(33)31(27(25)32)17-16-21-18-29-24-11-7-6-10-23(21)24/h3-15,18,29H,16-17H2,1-2H3. The molecule has 1 aliphatic rings. The summed E-state index contributed by atoms with van der Waals surface area (Å²) in [5, 5.41) is 1.12. The molecule has 0 unspecified atom stereocenters. The van der Waals surface area contributed by atoms with E-state index in [1.165, 1.54) is 4.90 Å². The Balaban J connectivity index is 1.50. The second-order valence-corrected chi connectivity index (χ2v) is 8.36. The number of nitrogens with zero attached hydrogens (tertiary/aromatic N) is 2. The maximum Gasteiger partial charge on any atom is 0.278 e. The van der Waals surface area contributed by atoms with E-state index >= 15 is 0 Å². The van der Waals surface area contributed by atoms with Gasteiger partial charge in [-0.05, 0) is 42.7 Å². The Morgan fingerprint density at radius 1 is 0.848 bits per heavy atom. The average molecular weight is 436 g/mol. The molecular formula is C28H25N3O2. The van der Waals surface area contributed by atoms with E-state index in [0.29, 0.717) is 24.2 Å². The number of hydrogen-bond donors (Lipinski definition) is 1. The number of nitrogens with one attached hydrogen (secondary N) is 1. The van der Waals surface area contributed by atoms with E-state index < -0.39 is 0 Å². The highest BCUT2D eigenvalue weighted by Crippen LogP contribution is 2.34. The summed E-state index contributed by atoms with van der Waals surface area (Å²) in [4.78, 5) is 33.7. The zero-order valence-corrected chi connectivity index (χ0v) is 18.7. The summed E-state index contributed by atoms with van der Waals surface area (Å²) in [6.07, 6.45) is 2.55. The van der Waals surface area contributed by atoms with E-state index in [-0.39, 0.29) is 11.8 Å². The Bertz CT molecular complexity index is 1370. The molecule has 0 bridgehead atoms. The minimum absolute atomic E-state index is 0.249. The van der Waals surface area contributed by atoms with Gasteiger partial charge >= 0.3 is 0 Å². The first-order valence-corrected chi connectivity index (χ1v) is 11.1.